The average Bonchev–Trinajstić information content (AvgIpc) is 3.29. The SMILES string of the molecule is O=C(Nc1sc(-c2cncc(F)c2)nc1C(=O)NCc1ccccc1C(F)(F)F)c1cc(Cl)c(O)c(Cl)c1. The maximum Gasteiger partial charge on any atom is 0.416 e. The van der Waals surface area contributed by atoms with Crippen LogP contribution in [0.1, 0.15) is 32.0 Å². The van der Waals surface area contributed by atoms with Crippen molar-refractivity contribution >= 4 is 51.4 Å². The molecule has 0 unspecified atom stereocenters. The molecular weight excluding hydrogens is 571 g/mol. The van der Waals surface area contributed by atoms with E-state index >= 15 is 0 Å². The minimum absolute atomic E-state index is 0.0642. The topological polar surface area (TPSA) is 104 Å². The average molecular weight is 585 g/mol. The quantitative estimate of drug-likeness (QED) is 0.223. The molecule has 14 heteroatoms. The second-order valence-corrected chi connectivity index (χ2v) is 9.48. The Morgan fingerprint density at radius 2 is 1.71 bits per heavy atom. The fourth-order valence-corrected chi connectivity index (χ4v) is 4.72. The van der Waals surface area contributed by atoms with E-state index in [1.54, 1.807) is 0 Å². The summed E-state index contributed by atoms with van der Waals surface area (Å²) in [7, 11) is 0. The lowest BCUT2D eigenvalue weighted by molar-refractivity contribution is -0.138. The van der Waals surface area contributed by atoms with Gasteiger partial charge in [-0.3, -0.25) is 14.6 Å². The molecule has 0 aliphatic carbocycles. The molecule has 0 aliphatic rings. The van der Waals surface area contributed by atoms with Gasteiger partial charge in [0.25, 0.3) is 11.8 Å². The van der Waals surface area contributed by atoms with Crippen molar-refractivity contribution in [1.82, 2.24) is 15.3 Å². The van der Waals surface area contributed by atoms with Crippen molar-refractivity contribution in [2.75, 3.05) is 5.32 Å². The minimum Gasteiger partial charge on any atom is -0.505 e. The van der Waals surface area contributed by atoms with E-state index in [0.29, 0.717) is 0 Å². The Labute approximate surface area is 226 Å². The number of anilines is 1. The van der Waals surface area contributed by atoms with E-state index in [1.807, 2.05) is 0 Å². The second-order valence-electron chi connectivity index (χ2n) is 7.67. The Hall–Kier alpha value is -3.74. The molecule has 0 spiro atoms. The smallest absolute Gasteiger partial charge is 0.416 e. The highest BCUT2D eigenvalue weighted by molar-refractivity contribution is 7.19. The number of halogens is 6. The highest BCUT2D eigenvalue weighted by atomic mass is 35.5. The molecule has 0 fully saturated rings. The summed E-state index contributed by atoms with van der Waals surface area (Å²) in [5, 5.41) is 14.2. The summed E-state index contributed by atoms with van der Waals surface area (Å²) in [6, 6.07) is 8.12. The van der Waals surface area contributed by atoms with Gasteiger partial charge in [0, 0.05) is 23.9 Å². The van der Waals surface area contributed by atoms with Crippen LogP contribution in [-0.2, 0) is 12.7 Å². The largest absolute Gasteiger partial charge is 0.505 e. The number of phenolic OH excluding ortho intramolecular Hbond substituents is 1. The zero-order chi connectivity index (χ0) is 27.6. The third-order valence-electron chi connectivity index (χ3n) is 5.06. The first-order valence-electron chi connectivity index (χ1n) is 10.5. The molecule has 0 aliphatic heterocycles. The summed E-state index contributed by atoms with van der Waals surface area (Å²) in [5.41, 5.74) is -1.30. The number of carbonyl (C=O) groups is 2. The number of hydrogen-bond acceptors (Lipinski definition) is 6. The summed E-state index contributed by atoms with van der Waals surface area (Å²) >= 11 is 12.6. The molecule has 0 saturated carbocycles. The summed E-state index contributed by atoms with van der Waals surface area (Å²) < 4.78 is 53.7. The highest BCUT2D eigenvalue weighted by Gasteiger charge is 2.33. The van der Waals surface area contributed by atoms with Crippen molar-refractivity contribution in [2.24, 2.45) is 0 Å². The van der Waals surface area contributed by atoms with Gasteiger partial charge in [0.2, 0.25) is 0 Å². The third kappa shape index (κ3) is 6.04. The number of thiazole rings is 1. The third-order valence-corrected chi connectivity index (χ3v) is 6.66. The van der Waals surface area contributed by atoms with Crippen molar-refractivity contribution in [3.05, 3.63) is 93.1 Å². The van der Waals surface area contributed by atoms with Crippen LogP contribution in [0.15, 0.2) is 54.9 Å². The first kappa shape index (κ1) is 27.3. The molecule has 7 nitrogen and oxygen atoms in total. The Bertz CT molecular complexity index is 1520. The number of alkyl halides is 3. The fourth-order valence-electron chi connectivity index (χ4n) is 3.29. The van der Waals surface area contributed by atoms with Gasteiger partial charge in [0.05, 0.1) is 21.8 Å². The van der Waals surface area contributed by atoms with E-state index in [4.69, 9.17) is 23.2 Å². The lowest BCUT2D eigenvalue weighted by Gasteiger charge is -2.13. The van der Waals surface area contributed by atoms with E-state index in [9.17, 15) is 32.3 Å². The number of nitrogens with zero attached hydrogens (tertiary/aromatic N) is 2. The molecule has 2 heterocycles. The van der Waals surface area contributed by atoms with Gasteiger partial charge in [-0.15, -0.1) is 0 Å². The predicted molar refractivity (Wildman–Crippen MR) is 134 cm³/mol. The lowest BCUT2D eigenvalue weighted by atomic mass is 10.1. The van der Waals surface area contributed by atoms with Crippen molar-refractivity contribution < 1.29 is 32.3 Å². The van der Waals surface area contributed by atoms with Crippen LogP contribution in [0.4, 0.5) is 22.6 Å². The number of aromatic nitrogens is 2. The lowest BCUT2D eigenvalue weighted by Crippen LogP contribution is -2.26. The Kier molecular flexibility index (Phi) is 7.86. The number of benzene rings is 2. The van der Waals surface area contributed by atoms with Crippen LogP contribution in [0.5, 0.6) is 5.75 Å². The Morgan fingerprint density at radius 3 is 2.37 bits per heavy atom. The molecule has 196 valence electrons. The van der Waals surface area contributed by atoms with Crippen LogP contribution in [0.2, 0.25) is 10.0 Å². The number of amides is 2. The van der Waals surface area contributed by atoms with Crippen LogP contribution in [-0.4, -0.2) is 26.9 Å². The molecule has 38 heavy (non-hydrogen) atoms. The first-order chi connectivity index (χ1) is 17.9. The number of aromatic hydroxyl groups is 1. The molecule has 0 radical (unpaired) electrons. The van der Waals surface area contributed by atoms with E-state index in [2.05, 4.69) is 20.6 Å². The number of hydrogen-bond donors (Lipinski definition) is 3. The van der Waals surface area contributed by atoms with Gasteiger partial charge in [-0.05, 0) is 29.8 Å². The van der Waals surface area contributed by atoms with Crippen LogP contribution in [0, 0.1) is 5.82 Å². The molecule has 0 bridgehead atoms. The molecule has 2 amide bonds. The summed E-state index contributed by atoms with van der Waals surface area (Å²) in [6.45, 7) is -0.487. The molecule has 3 N–H and O–H groups in total. The summed E-state index contributed by atoms with van der Waals surface area (Å²) in [4.78, 5) is 33.8. The van der Waals surface area contributed by atoms with Gasteiger partial charge in [0.15, 0.2) is 11.4 Å². The zero-order valence-electron chi connectivity index (χ0n) is 18.7. The second kappa shape index (κ2) is 10.9. The monoisotopic (exact) mass is 584 g/mol. The predicted octanol–water partition coefficient (Wildman–Crippen LogP) is 6.56. The first-order valence-corrected chi connectivity index (χ1v) is 12.1. The van der Waals surface area contributed by atoms with Crippen LogP contribution in [0.25, 0.3) is 10.6 Å². The van der Waals surface area contributed by atoms with Gasteiger partial charge < -0.3 is 15.7 Å². The van der Waals surface area contributed by atoms with Gasteiger partial charge >= 0.3 is 6.18 Å². The van der Waals surface area contributed by atoms with Gasteiger partial charge in [-0.1, -0.05) is 52.7 Å². The van der Waals surface area contributed by atoms with Crippen LogP contribution >= 0.6 is 34.5 Å². The number of carbonyl (C=O) groups excluding carboxylic acids is 2. The molecular formula is C24H14Cl2F4N4O3S. The molecule has 4 rings (SSSR count). The maximum absolute atomic E-state index is 13.7. The normalized spacial score (nSPS) is 11.3. The van der Waals surface area contributed by atoms with E-state index in [1.165, 1.54) is 24.4 Å². The summed E-state index contributed by atoms with van der Waals surface area (Å²) in [6.07, 6.45) is -2.39. The highest BCUT2D eigenvalue weighted by Crippen LogP contribution is 2.36. The summed E-state index contributed by atoms with van der Waals surface area (Å²) in [5.74, 6) is -2.78. The van der Waals surface area contributed by atoms with Gasteiger partial charge in [-0.2, -0.15) is 13.2 Å². The molecule has 2 aromatic carbocycles. The fraction of sp³-hybridized carbons (Fsp3) is 0.0833. The van der Waals surface area contributed by atoms with Crippen molar-refractivity contribution in [2.45, 2.75) is 12.7 Å². The number of rotatable bonds is 6. The van der Waals surface area contributed by atoms with Crippen molar-refractivity contribution in [1.29, 1.82) is 0 Å². The standard InChI is InChI=1S/C24H14Cl2F4N4O3S/c25-16-6-12(7-17(26)19(16)35)20(36)34-23-18(33-22(38-23)13-5-14(27)10-31-8-13)21(37)32-9-11-3-1-2-4-15(11)24(28,29)30/h1-8,10,35H,9H2,(H,32,37)(H,34,36). The molecule has 2 aromatic heterocycles. The number of pyridine rings is 1. The number of phenols is 1. The number of nitrogens with one attached hydrogen (secondary N) is 2. The Balaban J connectivity index is 1.66. The van der Waals surface area contributed by atoms with Crippen LogP contribution < -0.4 is 10.6 Å². The Morgan fingerprint density at radius 1 is 1.03 bits per heavy atom. The van der Waals surface area contributed by atoms with Gasteiger partial charge in [-0.25, -0.2) is 9.37 Å². The van der Waals surface area contributed by atoms with Crippen LogP contribution in [0.3, 0.4) is 0 Å². The van der Waals surface area contributed by atoms with Gasteiger partial charge in [0.1, 0.15) is 15.8 Å². The molecule has 0 saturated heterocycles. The molecule has 0 atom stereocenters. The minimum atomic E-state index is -4.63. The van der Waals surface area contributed by atoms with E-state index in [0.717, 1.165) is 41.8 Å². The van der Waals surface area contributed by atoms with Crippen molar-refractivity contribution in [3.8, 4) is 16.3 Å². The van der Waals surface area contributed by atoms with Crippen molar-refractivity contribution in [3.63, 3.8) is 0 Å². The van der Waals surface area contributed by atoms with E-state index < -0.39 is 41.7 Å². The zero-order valence-corrected chi connectivity index (χ0v) is 21.1. The van der Waals surface area contributed by atoms with E-state index in [-0.39, 0.29) is 42.4 Å². The maximum atomic E-state index is 13.7. The molecule has 4 aromatic rings.